The van der Waals surface area contributed by atoms with Gasteiger partial charge in [0, 0.05) is 4.91 Å². The maximum Gasteiger partial charge on any atom is 0.233 e. The highest BCUT2D eigenvalue weighted by Gasteiger charge is 1.98. The van der Waals surface area contributed by atoms with E-state index in [1.807, 2.05) is 6.07 Å². The maximum absolute atomic E-state index is 10.0. The lowest BCUT2D eigenvalue weighted by molar-refractivity contribution is 0.475. The van der Waals surface area contributed by atoms with Crippen LogP contribution in [0.3, 0.4) is 0 Å². The third-order valence-corrected chi connectivity index (χ3v) is 2.21. The van der Waals surface area contributed by atoms with Crippen molar-refractivity contribution in [2.24, 2.45) is 5.14 Å². The molecule has 0 radical (unpaired) electrons. The van der Waals surface area contributed by atoms with Crippen LogP contribution in [0.15, 0.2) is 41.8 Å². The smallest absolute Gasteiger partial charge is 0.233 e. The Labute approximate surface area is 83.7 Å². The Hall–Kier alpha value is -1.33. The average molecular weight is 215 g/mol. The second kappa shape index (κ2) is 5.41. The molecule has 1 aromatic rings. The first-order chi connectivity index (χ1) is 6.34. The van der Waals surface area contributed by atoms with Crippen LogP contribution in [0.25, 0.3) is 0 Å². The van der Waals surface area contributed by atoms with Gasteiger partial charge in [-0.05, 0) is 19.1 Å². The first kappa shape index (κ1) is 12.7. The molecule has 0 aliphatic rings. The normalized spacial score (nSPS) is 9.86. The van der Waals surface area contributed by atoms with Crippen LogP contribution in [0.1, 0.15) is 6.92 Å². The number of phenolic OH excluding ortho intramolecular Hbond substituents is 1. The van der Waals surface area contributed by atoms with Crippen LogP contribution in [-0.4, -0.2) is 13.5 Å². The lowest BCUT2D eigenvalue weighted by atomic mass is 10.3. The fraction of sp³-hybridized carbons (Fsp3) is 0.111. The highest BCUT2D eigenvalue weighted by atomic mass is 32.2. The first-order valence-corrected chi connectivity index (χ1v) is 5.31. The van der Waals surface area contributed by atoms with Gasteiger partial charge in [-0.25, -0.2) is 13.6 Å². The van der Waals surface area contributed by atoms with Crippen LogP contribution in [0.2, 0.25) is 0 Å². The summed E-state index contributed by atoms with van der Waals surface area (Å²) in [6.07, 6.45) is 0. The molecule has 78 valence electrons. The van der Waals surface area contributed by atoms with Gasteiger partial charge in [0.05, 0.1) is 0 Å². The Bertz CT molecular complexity index is 384. The van der Waals surface area contributed by atoms with E-state index in [-0.39, 0.29) is 4.91 Å². The van der Waals surface area contributed by atoms with Gasteiger partial charge in [0.2, 0.25) is 10.0 Å². The van der Waals surface area contributed by atoms with E-state index in [0.29, 0.717) is 5.75 Å². The maximum atomic E-state index is 10.0. The Balaban J connectivity index is 0.000000241. The van der Waals surface area contributed by atoms with Crippen LogP contribution in [-0.2, 0) is 10.0 Å². The number of rotatable bonds is 1. The third-order valence-electron chi connectivity index (χ3n) is 1.24. The van der Waals surface area contributed by atoms with Crippen molar-refractivity contribution in [2.45, 2.75) is 6.92 Å². The number of nitrogens with two attached hydrogens (primary N) is 1. The lowest BCUT2D eigenvalue weighted by Gasteiger charge is -1.88. The molecule has 0 unspecified atom stereocenters. The molecule has 0 amide bonds. The van der Waals surface area contributed by atoms with Crippen molar-refractivity contribution in [1.29, 1.82) is 0 Å². The number of para-hydroxylation sites is 1. The average Bonchev–Trinajstić information content (AvgIpc) is 2.04. The molecule has 0 aromatic heterocycles. The number of hydrogen-bond donors (Lipinski definition) is 2. The number of allylic oxidation sites excluding steroid dienone is 1. The predicted molar refractivity (Wildman–Crippen MR) is 56.0 cm³/mol. The SMILES string of the molecule is C=C(C)S(N)(=O)=O.Oc1ccccc1. The zero-order valence-corrected chi connectivity index (χ0v) is 8.66. The van der Waals surface area contributed by atoms with Crippen molar-refractivity contribution >= 4 is 10.0 Å². The molecule has 5 heteroatoms. The fourth-order valence-electron chi connectivity index (χ4n) is 0.428. The van der Waals surface area contributed by atoms with Crippen LogP contribution in [0.4, 0.5) is 0 Å². The molecule has 0 bridgehead atoms. The molecule has 0 aliphatic carbocycles. The molecule has 0 aliphatic heterocycles. The minimum Gasteiger partial charge on any atom is -0.508 e. The second-order valence-electron chi connectivity index (χ2n) is 2.58. The molecule has 0 saturated heterocycles. The number of hydrogen-bond acceptors (Lipinski definition) is 3. The minimum atomic E-state index is -3.44. The number of phenols is 1. The summed E-state index contributed by atoms with van der Waals surface area (Å²) in [4.78, 5) is -0.00694. The Morgan fingerprint density at radius 3 is 1.86 bits per heavy atom. The Kier molecular flexibility index (Phi) is 4.90. The second-order valence-corrected chi connectivity index (χ2v) is 4.37. The van der Waals surface area contributed by atoms with Crippen molar-refractivity contribution in [3.05, 3.63) is 41.8 Å². The number of primary sulfonamides is 1. The lowest BCUT2D eigenvalue weighted by Crippen LogP contribution is -2.11. The summed E-state index contributed by atoms with van der Waals surface area (Å²) in [5.41, 5.74) is 0. The fourth-order valence-corrected chi connectivity index (χ4v) is 0.428. The molecular weight excluding hydrogens is 202 g/mol. The van der Waals surface area contributed by atoms with Gasteiger partial charge >= 0.3 is 0 Å². The highest BCUT2D eigenvalue weighted by molar-refractivity contribution is 7.93. The van der Waals surface area contributed by atoms with Gasteiger partial charge in [-0.1, -0.05) is 24.8 Å². The van der Waals surface area contributed by atoms with Gasteiger partial charge in [0.15, 0.2) is 0 Å². The molecule has 4 nitrogen and oxygen atoms in total. The van der Waals surface area contributed by atoms with Gasteiger partial charge in [-0.2, -0.15) is 0 Å². The Morgan fingerprint density at radius 1 is 1.36 bits per heavy atom. The van der Waals surface area contributed by atoms with Gasteiger partial charge < -0.3 is 5.11 Å². The topological polar surface area (TPSA) is 80.4 Å². The summed E-state index contributed by atoms with van der Waals surface area (Å²) in [6, 6.07) is 8.71. The largest absolute Gasteiger partial charge is 0.508 e. The van der Waals surface area contributed by atoms with Crippen molar-refractivity contribution < 1.29 is 13.5 Å². The summed E-state index contributed by atoms with van der Waals surface area (Å²) in [7, 11) is -3.44. The van der Waals surface area contributed by atoms with E-state index in [9.17, 15) is 8.42 Å². The summed E-state index contributed by atoms with van der Waals surface area (Å²) in [5, 5.41) is 13.2. The number of aromatic hydroxyl groups is 1. The van der Waals surface area contributed by atoms with E-state index in [0.717, 1.165) is 0 Å². The van der Waals surface area contributed by atoms with E-state index in [1.54, 1.807) is 24.3 Å². The molecule has 0 saturated carbocycles. The van der Waals surface area contributed by atoms with E-state index < -0.39 is 10.0 Å². The summed E-state index contributed by atoms with van der Waals surface area (Å²) >= 11 is 0. The molecule has 0 spiro atoms. The van der Waals surface area contributed by atoms with Crippen molar-refractivity contribution in [1.82, 2.24) is 0 Å². The third kappa shape index (κ3) is 6.22. The monoisotopic (exact) mass is 215 g/mol. The summed E-state index contributed by atoms with van der Waals surface area (Å²) in [6.45, 7) is 4.46. The molecule has 1 aromatic carbocycles. The van der Waals surface area contributed by atoms with Crippen molar-refractivity contribution in [3.63, 3.8) is 0 Å². The number of sulfonamides is 1. The summed E-state index contributed by atoms with van der Waals surface area (Å²) < 4.78 is 20.0. The number of benzene rings is 1. The van der Waals surface area contributed by atoms with Gasteiger partial charge in [0.25, 0.3) is 0 Å². The summed E-state index contributed by atoms with van der Waals surface area (Å²) in [5.74, 6) is 0.322. The van der Waals surface area contributed by atoms with E-state index in [2.05, 4.69) is 11.7 Å². The van der Waals surface area contributed by atoms with Crippen LogP contribution in [0.5, 0.6) is 5.75 Å². The first-order valence-electron chi connectivity index (χ1n) is 3.76. The quantitative estimate of drug-likeness (QED) is 0.738. The van der Waals surface area contributed by atoms with Gasteiger partial charge in [-0.3, -0.25) is 0 Å². The van der Waals surface area contributed by atoms with E-state index in [4.69, 9.17) is 5.11 Å². The molecule has 0 fully saturated rings. The molecule has 0 heterocycles. The molecule has 1 rings (SSSR count). The van der Waals surface area contributed by atoms with Crippen molar-refractivity contribution in [3.8, 4) is 5.75 Å². The van der Waals surface area contributed by atoms with Crippen LogP contribution < -0.4 is 5.14 Å². The molecule has 3 N–H and O–H groups in total. The Morgan fingerprint density at radius 2 is 1.71 bits per heavy atom. The van der Waals surface area contributed by atoms with E-state index in [1.165, 1.54) is 6.92 Å². The van der Waals surface area contributed by atoms with Crippen LogP contribution in [0, 0.1) is 0 Å². The highest BCUT2D eigenvalue weighted by Crippen LogP contribution is 2.02. The minimum absolute atomic E-state index is 0.00694. The standard InChI is InChI=1S/C6H6O.C3H7NO2S/c7-6-4-2-1-3-5-6;1-3(2)7(4,5)6/h1-5,7H;1H2,2H3,(H2,4,5,6). The molecular formula is C9H13NO3S. The van der Waals surface area contributed by atoms with Gasteiger partial charge in [0.1, 0.15) is 5.75 Å². The zero-order valence-electron chi connectivity index (χ0n) is 7.84. The predicted octanol–water partition coefficient (Wildman–Crippen LogP) is 1.20. The molecule has 14 heavy (non-hydrogen) atoms. The van der Waals surface area contributed by atoms with Crippen molar-refractivity contribution in [2.75, 3.05) is 0 Å². The molecule has 0 atom stereocenters. The van der Waals surface area contributed by atoms with Gasteiger partial charge in [-0.15, -0.1) is 0 Å². The van der Waals surface area contributed by atoms with Crippen LogP contribution >= 0.6 is 0 Å². The van der Waals surface area contributed by atoms with E-state index >= 15 is 0 Å². The zero-order chi connectivity index (χ0) is 11.2.